The van der Waals surface area contributed by atoms with Crippen LogP contribution in [0.2, 0.25) is 5.02 Å². The van der Waals surface area contributed by atoms with Crippen LogP contribution in [0.25, 0.3) is 5.57 Å². The van der Waals surface area contributed by atoms with E-state index in [0.29, 0.717) is 11.6 Å². The van der Waals surface area contributed by atoms with Crippen molar-refractivity contribution in [3.63, 3.8) is 0 Å². The second-order valence-electron chi connectivity index (χ2n) is 4.14. The minimum absolute atomic E-state index is 0.109. The molecule has 1 aromatic carbocycles. The Labute approximate surface area is 117 Å². The number of aliphatic imine (C=N–C) groups is 1. The molecule has 1 aliphatic heterocycles. The van der Waals surface area contributed by atoms with Gasteiger partial charge in [0.15, 0.2) is 5.78 Å². The van der Waals surface area contributed by atoms with Crippen molar-refractivity contribution in [3.05, 3.63) is 39.9 Å². The molecule has 2 rings (SSSR count). The number of carbonyl (C=O) groups is 1. The van der Waals surface area contributed by atoms with Crippen LogP contribution in [0, 0.1) is 0 Å². The Kier molecular flexibility index (Phi) is 3.96. The molecule has 1 heterocycles. The summed E-state index contributed by atoms with van der Waals surface area (Å²) < 4.78 is 39.1. The SMILES string of the molecule is O=C(CO)c1cc(C2=CC=NC2)c(C(F)(F)F)cc1Cl. The largest absolute Gasteiger partial charge is 0.417 e. The van der Waals surface area contributed by atoms with Crippen molar-refractivity contribution in [1.29, 1.82) is 0 Å². The van der Waals surface area contributed by atoms with E-state index in [9.17, 15) is 18.0 Å². The van der Waals surface area contributed by atoms with Gasteiger partial charge >= 0.3 is 6.18 Å². The molecular weight excluding hydrogens is 295 g/mol. The van der Waals surface area contributed by atoms with E-state index in [1.807, 2.05) is 0 Å². The molecule has 0 spiro atoms. The van der Waals surface area contributed by atoms with E-state index in [1.54, 1.807) is 0 Å². The minimum Gasteiger partial charge on any atom is -0.388 e. The maximum Gasteiger partial charge on any atom is 0.417 e. The molecule has 3 nitrogen and oxygen atoms in total. The number of Topliss-reactive ketones (excluding diaryl/α,β-unsaturated/α-hetero) is 1. The summed E-state index contributed by atoms with van der Waals surface area (Å²) in [5.41, 5.74) is -0.851. The van der Waals surface area contributed by atoms with Crippen LogP contribution in [-0.4, -0.2) is 30.3 Å². The Morgan fingerprint density at radius 1 is 1.40 bits per heavy atom. The third kappa shape index (κ3) is 2.76. The van der Waals surface area contributed by atoms with Crippen molar-refractivity contribution in [2.45, 2.75) is 6.18 Å². The summed E-state index contributed by atoms with van der Waals surface area (Å²) in [6.45, 7) is -0.711. The van der Waals surface area contributed by atoms with Crippen LogP contribution in [-0.2, 0) is 6.18 Å². The highest BCUT2D eigenvalue weighted by Gasteiger charge is 2.35. The van der Waals surface area contributed by atoms with E-state index >= 15 is 0 Å². The van der Waals surface area contributed by atoms with E-state index in [-0.39, 0.29) is 22.7 Å². The van der Waals surface area contributed by atoms with Crippen molar-refractivity contribution >= 4 is 29.2 Å². The normalized spacial score (nSPS) is 14.6. The average molecular weight is 304 g/mol. The van der Waals surface area contributed by atoms with Gasteiger partial charge in [-0.15, -0.1) is 0 Å². The fraction of sp³-hybridized carbons (Fsp3) is 0.231. The summed E-state index contributed by atoms with van der Waals surface area (Å²) in [5.74, 6) is -0.732. The van der Waals surface area contributed by atoms with Gasteiger partial charge in [-0.25, -0.2) is 0 Å². The summed E-state index contributed by atoms with van der Waals surface area (Å²) >= 11 is 5.71. The molecule has 0 saturated carbocycles. The van der Waals surface area contributed by atoms with Crippen molar-refractivity contribution < 1.29 is 23.1 Å². The highest BCUT2D eigenvalue weighted by molar-refractivity contribution is 6.34. The standard InChI is InChI=1S/C13H9ClF3NO2/c14-11-4-10(13(15,16)17)8(7-1-2-18-5-7)3-9(11)12(20)6-19/h1-4,19H,5-6H2. The first-order chi connectivity index (χ1) is 9.34. The molecule has 0 aliphatic carbocycles. The molecule has 7 heteroatoms. The molecule has 0 bridgehead atoms. The fourth-order valence-corrected chi connectivity index (χ4v) is 2.16. The van der Waals surface area contributed by atoms with Crippen LogP contribution in [0.3, 0.4) is 0 Å². The van der Waals surface area contributed by atoms with Crippen LogP contribution in [0.15, 0.2) is 23.2 Å². The number of aliphatic hydroxyl groups excluding tert-OH is 1. The zero-order valence-electron chi connectivity index (χ0n) is 10.0. The summed E-state index contributed by atoms with van der Waals surface area (Å²) in [6.07, 6.45) is -1.74. The van der Waals surface area contributed by atoms with Gasteiger partial charge in [0.05, 0.1) is 17.1 Å². The number of alkyl halides is 3. The van der Waals surface area contributed by atoms with Crippen LogP contribution in [0.5, 0.6) is 0 Å². The quantitative estimate of drug-likeness (QED) is 0.873. The minimum atomic E-state index is -4.59. The molecule has 20 heavy (non-hydrogen) atoms. The first kappa shape index (κ1) is 14.7. The lowest BCUT2D eigenvalue weighted by atomic mass is 9.95. The lowest BCUT2D eigenvalue weighted by Gasteiger charge is -2.16. The summed E-state index contributed by atoms with van der Waals surface area (Å²) in [6, 6.07) is 1.77. The molecule has 1 aromatic rings. The first-order valence-corrected chi connectivity index (χ1v) is 5.96. The molecule has 106 valence electrons. The maximum atomic E-state index is 13.0. The number of hydrogen-bond donors (Lipinski definition) is 1. The molecule has 0 radical (unpaired) electrons. The third-order valence-electron chi connectivity index (χ3n) is 2.85. The van der Waals surface area contributed by atoms with Crippen molar-refractivity contribution in [3.8, 4) is 0 Å². The van der Waals surface area contributed by atoms with E-state index in [0.717, 1.165) is 6.07 Å². The van der Waals surface area contributed by atoms with Crippen LogP contribution < -0.4 is 0 Å². The molecule has 0 atom stereocenters. The maximum absolute atomic E-state index is 13.0. The molecule has 0 fully saturated rings. The number of allylic oxidation sites excluding steroid dienone is 1. The number of rotatable bonds is 3. The van der Waals surface area contributed by atoms with Gasteiger partial charge < -0.3 is 5.11 Å². The number of hydrogen-bond acceptors (Lipinski definition) is 3. The zero-order chi connectivity index (χ0) is 14.9. The molecule has 1 N–H and O–H groups in total. The van der Waals surface area contributed by atoms with E-state index in [2.05, 4.69) is 4.99 Å². The van der Waals surface area contributed by atoms with E-state index in [1.165, 1.54) is 12.3 Å². The van der Waals surface area contributed by atoms with Gasteiger partial charge in [-0.2, -0.15) is 13.2 Å². The lowest BCUT2D eigenvalue weighted by Crippen LogP contribution is -2.13. The molecule has 0 saturated heterocycles. The van der Waals surface area contributed by atoms with Crippen molar-refractivity contribution in [1.82, 2.24) is 0 Å². The third-order valence-corrected chi connectivity index (χ3v) is 3.16. The van der Waals surface area contributed by atoms with Gasteiger partial charge in [0.2, 0.25) is 0 Å². The first-order valence-electron chi connectivity index (χ1n) is 5.58. The van der Waals surface area contributed by atoms with Gasteiger partial charge in [-0.3, -0.25) is 9.79 Å². The lowest BCUT2D eigenvalue weighted by molar-refractivity contribution is -0.137. The predicted molar refractivity (Wildman–Crippen MR) is 69.2 cm³/mol. The highest BCUT2D eigenvalue weighted by Crippen LogP contribution is 2.38. The number of benzene rings is 1. The Balaban J connectivity index is 2.64. The number of halogens is 4. The topological polar surface area (TPSA) is 49.7 Å². The van der Waals surface area contributed by atoms with Gasteiger partial charge in [-0.05, 0) is 29.3 Å². The number of carbonyl (C=O) groups excluding carboxylic acids is 1. The number of ketones is 1. The van der Waals surface area contributed by atoms with Gasteiger partial charge in [-0.1, -0.05) is 11.6 Å². The van der Waals surface area contributed by atoms with Crippen LogP contribution in [0.1, 0.15) is 21.5 Å². The van der Waals surface area contributed by atoms with Crippen molar-refractivity contribution in [2.75, 3.05) is 13.2 Å². The molecule has 0 aromatic heterocycles. The van der Waals surface area contributed by atoms with Gasteiger partial charge in [0, 0.05) is 11.8 Å². The molecule has 1 aliphatic rings. The predicted octanol–water partition coefficient (Wildman–Crippen LogP) is 3.00. The van der Waals surface area contributed by atoms with Crippen LogP contribution in [0.4, 0.5) is 13.2 Å². The Morgan fingerprint density at radius 3 is 2.60 bits per heavy atom. The van der Waals surface area contributed by atoms with E-state index in [4.69, 9.17) is 16.7 Å². The monoisotopic (exact) mass is 303 g/mol. The van der Waals surface area contributed by atoms with Crippen molar-refractivity contribution in [2.24, 2.45) is 4.99 Å². The second-order valence-corrected chi connectivity index (χ2v) is 4.55. The molecular formula is C13H9ClF3NO2. The smallest absolute Gasteiger partial charge is 0.388 e. The van der Waals surface area contributed by atoms with E-state index < -0.39 is 24.1 Å². The summed E-state index contributed by atoms with van der Waals surface area (Å²) in [5, 5.41) is 8.49. The Morgan fingerprint density at radius 2 is 2.10 bits per heavy atom. The molecule has 0 unspecified atom stereocenters. The summed E-state index contributed by atoms with van der Waals surface area (Å²) in [4.78, 5) is 15.3. The Bertz CT molecular complexity index is 621. The highest BCUT2D eigenvalue weighted by atomic mass is 35.5. The molecule has 0 amide bonds. The fourth-order valence-electron chi connectivity index (χ4n) is 1.89. The second kappa shape index (κ2) is 5.38. The van der Waals surface area contributed by atoms with Crippen LogP contribution >= 0.6 is 11.6 Å². The Hall–Kier alpha value is -1.66. The summed E-state index contributed by atoms with van der Waals surface area (Å²) in [7, 11) is 0. The average Bonchev–Trinajstić information content (AvgIpc) is 2.90. The zero-order valence-corrected chi connectivity index (χ0v) is 10.8. The number of nitrogens with zero attached hydrogens (tertiary/aromatic N) is 1. The number of aliphatic hydroxyl groups is 1. The van der Waals surface area contributed by atoms with Gasteiger partial charge in [0.25, 0.3) is 0 Å². The van der Waals surface area contributed by atoms with Gasteiger partial charge in [0.1, 0.15) is 6.61 Å².